The van der Waals surface area contributed by atoms with Crippen LogP contribution in [-0.4, -0.2) is 11.6 Å². The maximum Gasteiger partial charge on any atom is 0.119 e. The van der Waals surface area contributed by atoms with E-state index in [0.717, 1.165) is 11.3 Å². The van der Waals surface area contributed by atoms with Crippen LogP contribution in [0.3, 0.4) is 0 Å². The minimum atomic E-state index is 0.388. The lowest BCUT2D eigenvalue weighted by Gasteiger charge is -2.01. The van der Waals surface area contributed by atoms with Gasteiger partial charge in [0.2, 0.25) is 0 Å². The van der Waals surface area contributed by atoms with E-state index in [1.807, 2.05) is 37.3 Å². The molecule has 1 aromatic carbocycles. The van der Waals surface area contributed by atoms with E-state index in [2.05, 4.69) is 0 Å². The first kappa shape index (κ1) is 10.7. The topological polar surface area (TPSA) is 35.2 Å². The molecular weight excluding hydrogens is 194 g/mol. The van der Waals surface area contributed by atoms with E-state index in [9.17, 15) is 0 Å². The first-order valence-electron chi connectivity index (χ1n) is 4.42. The Morgan fingerprint density at radius 2 is 2.07 bits per heavy atom. The van der Waals surface area contributed by atoms with Crippen LogP contribution in [-0.2, 0) is 0 Å². The second kappa shape index (κ2) is 5.40. The maximum absolute atomic E-state index is 5.34. The zero-order valence-electron chi connectivity index (χ0n) is 8.07. The Kier molecular flexibility index (Phi) is 4.13. The summed E-state index contributed by atoms with van der Waals surface area (Å²) in [6.07, 6.45) is 3.57. The third-order valence-electron chi connectivity index (χ3n) is 1.63. The highest BCUT2D eigenvalue weighted by Gasteiger charge is 1.91. The lowest BCUT2D eigenvalue weighted by atomic mass is 10.2. The molecule has 0 atom stereocenters. The Bertz CT molecular complexity index is 330. The quantitative estimate of drug-likeness (QED) is 0.608. The smallest absolute Gasteiger partial charge is 0.119 e. The molecular formula is C11H13NOS. The zero-order chi connectivity index (χ0) is 10.4. The van der Waals surface area contributed by atoms with Gasteiger partial charge in [-0.1, -0.05) is 30.4 Å². The van der Waals surface area contributed by atoms with Crippen molar-refractivity contribution in [1.82, 2.24) is 0 Å². The summed E-state index contributed by atoms with van der Waals surface area (Å²) in [7, 11) is 0. The summed E-state index contributed by atoms with van der Waals surface area (Å²) in [5.74, 6) is 0.875. The molecule has 2 N–H and O–H groups in total. The molecule has 0 aliphatic rings. The highest BCUT2D eigenvalue weighted by atomic mass is 32.1. The van der Waals surface area contributed by atoms with Gasteiger partial charge < -0.3 is 10.5 Å². The van der Waals surface area contributed by atoms with Crippen molar-refractivity contribution in [3.05, 3.63) is 35.9 Å². The summed E-state index contributed by atoms with van der Waals surface area (Å²) in [5.41, 5.74) is 6.39. The second-order valence-corrected chi connectivity index (χ2v) is 3.21. The average molecular weight is 207 g/mol. The van der Waals surface area contributed by atoms with Crippen LogP contribution >= 0.6 is 12.2 Å². The van der Waals surface area contributed by atoms with Gasteiger partial charge in [-0.2, -0.15) is 0 Å². The van der Waals surface area contributed by atoms with Gasteiger partial charge in [-0.25, -0.2) is 0 Å². The normalized spacial score (nSPS) is 10.4. The molecule has 1 rings (SSSR count). The van der Waals surface area contributed by atoms with Gasteiger partial charge in [0, 0.05) is 0 Å². The molecule has 0 saturated heterocycles. The van der Waals surface area contributed by atoms with Gasteiger partial charge in [-0.15, -0.1) is 0 Å². The zero-order valence-corrected chi connectivity index (χ0v) is 8.88. The summed E-state index contributed by atoms with van der Waals surface area (Å²) < 4.78 is 5.31. The van der Waals surface area contributed by atoms with E-state index in [1.54, 1.807) is 6.08 Å². The fourth-order valence-electron chi connectivity index (χ4n) is 1.02. The minimum absolute atomic E-state index is 0.388. The highest BCUT2D eigenvalue weighted by molar-refractivity contribution is 7.80. The molecule has 0 radical (unpaired) electrons. The predicted octanol–water partition coefficient (Wildman–Crippen LogP) is 2.38. The van der Waals surface area contributed by atoms with E-state index >= 15 is 0 Å². The molecule has 0 bridgehead atoms. The van der Waals surface area contributed by atoms with Crippen LogP contribution in [0, 0.1) is 0 Å². The van der Waals surface area contributed by atoms with E-state index in [1.165, 1.54) is 0 Å². The molecule has 0 heterocycles. The number of nitrogens with two attached hydrogens (primary N) is 1. The van der Waals surface area contributed by atoms with Crippen molar-refractivity contribution in [3.8, 4) is 5.75 Å². The monoisotopic (exact) mass is 207 g/mol. The van der Waals surface area contributed by atoms with Gasteiger partial charge in [-0.05, 0) is 30.7 Å². The van der Waals surface area contributed by atoms with Crippen molar-refractivity contribution in [2.24, 2.45) is 5.73 Å². The molecule has 0 fully saturated rings. The van der Waals surface area contributed by atoms with Crippen molar-refractivity contribution in [2.75, 3.05) is 6.61 Å². The summed E-state index contributed by atoms with van der Waals surface area (Å²) >= 11 is 4.73. The summed E-state index contributed by atoms with van der Waals surface area (Å²) in [4.78, 5) is 0.388. The van der Waals surface area contributed by atoms with E-state index in [0.29, 0.717) is 11.6 Å². The van der Waals surface area contributed by atoms with Gasteiger partial charge in [0.15, 0.2) is 0 Å². The minimum Gasteiger partial charge on any atom is -0.494 e. The second-order valence-electron chi connectivity index (χ2n) is 2.74. The first-order chi connectivity index (χ1) is 6.72. The number of thiocarbonyl (C=S) groups is 1. The van der Waals surface area contributed by atoms with Crippen LogP contribution < -0.4 is 10.5 Å². The van der Waals surface area contributed by atoms with Crippen LogP contribution in [0.25, 0.3) is 6.08 Å². The first-order valence-corrected chi connectivity index (χ1v) is 4.83. The molecule has 0 aliphatic heterocycles. The molecule has 0 unspecified atom stereocenters. The van der Waals surface area contributed by atoms with Gasteiger partial charge in [0.25, 0.3) is 0 Å². The van der Waals surface area contributed by atoms with Crippen molar-refractivity contribution in [3.63, 3.8) is 0 Å². The molecule has 14 heavy (non-hydrogen) atoms. The fourth-order valence-corrected chi connectivity index (χ4v) is 1.09. The molecule has 0 aromatic heterocycles. The number of ether oxygens (including phenoxy) is 1. The molecule has 2 nitrogen and oxygen atoms in total. The van der Waals surface area contributed by atoms with Gasteiger partial charge in [0.1, 0.15) is 5.75 Å². The molecule has 0 spiro atoms. The Morgan fingerprint density at radius 1 is 1.43 bits per heavy atom. The van der Waals surface area contributed by atoms with E-state index < -0.39 is 0 Å². The van der Waals surface area contributed by atoms with Crippen molar-refractivity contribution in [1.29, 1.82) is 0 Å². The lowest BCUT2D eigenvalue weighted by molar-refractivity contribution is 0.340. The van der Waals surface area contributed by atoms with Crippen LogP contribution in [0.5, 0.6) is 5.75 Å². The Morgan fingerprint density at radius 3 is 2.57 bits per heavy atom. The van der Waals surface area contributed by atoms with Gasteiger partial charge in [0.05, 0.1) is 11.6 Å². The molecule has 74 valence electrons. The SMILES string of the molecule is CCOc1ccc(/C=C\C(N)=S)cc1. The van der Waals surface area contributed by atoms with Crippen LogP contribution in [0.1, 0.15) is 12.5 Å². The van der Waals surface area contributed by atoms with Crippen molar-refractivity contribution >= 4 is 23.3 Å². The van der Waals surface area contributed by atoms with E-state index in [4.69, 9.17) is 22.7 Å². The maximum atomic E-state index is 5.34. The number of benzene rings is 1. The largest absolute Gasteiger partial charge is 0.494 e. The van der Waals surface area contributed by atoms with Crippen molar-refractivity contribution < 1.29 is 4.74 Å². The van der Waals surface area contributed by atoms with E-state index in [-0.39, 0.29) is 0 Å². The summed E-state index contributed by atoms with van der Waals surface area (Å²) in [6, 6.07) is 7.75. The Labute approximate surface area is 89.4 Å². The Balaban J connectivity index is 2.68. The highest BCUT2D eigenvalue weighted by Crippen LogP contribution is 2.12. The molecule has 0 amide bonds. The number of hydrogen-bond donors (Lipinski definition) is 1. The summed E-state index contributed by atoms with van der Waals surface area (Å²) in [6.45, 7) is 2.64. The number of hydrogen-bond acceptors (Lipinski definition) is 2. The summed E-state index contributed by atoms with van der Waals surface area (Å²) in [5, 5.41) is 0. The van der Waals surface area contributed by atoms with Crippen molar-refractivity contribution in [2.45, 2.75) is 6.92 Å². The average Bonchev–Trinajstić information content (AvgIpc) is 2.17. The number of rotatable bonds is 4. The molecule has 3 heteroatoms. The van der Waals surface area contributed by atoms with Crippen LogP contribution in [0.15, 0.2) is 30.3 Å². The molecule has 0 aliphatic carbocycles. The standard InChI is InChI=1S/C11H13NOS/c1-2-13-10-6-3-9(4-7-10)5-8-11(12)14/h3-8H,2H2,1H3,(H2,12,14)/b8-5-. The third kappa shape index (κ3) is 3.58. The third-order valence-corrected chi connectivity index (χ3v) is 1.77. The fraction of sp³-hybridized carbons (Fsp3) is 0.182. The lowest BCUT2D eigenvalue weighted by Crippen LogP contribution is -2.01. The van der Waals surface area contributed by atoms with Crippen LogP contribution in [0.4, 0.5) is 0 Å². The molecule has 0 saturated carbocycles. The van der Waals surface area contributed by atoms with Gasteiger partial charge in [-0.3, -0.25) is 0 Å². The Hall–Kier alpha value is -1.35. The predicted molar refractivity (Wildman–Crippen MR) is 63.4 cm³/mol. The van der Waals surface area contributed by atoms with Gasteiger partial charge >= 0.3 is 0 Å². The molecule has 1 aromatic rings. The van der Waals surface area contributed by atoms with Crippen LogP contribution in [0.2, 0.25) is 0 Å².